The van der Waals surface area contributed by atoms with E-state index in [0.717, 1.165) is 24.9 Å². The number of pyridine rings is 2. The van der Waals surface area contributed by atoms with Crippen molar-refractivity contribution in [1.29, 1.82) is 0 Å². The van der Waals surface area contributed by atoms with E-state index in [1.807, 2.05) is 29.3 Å². The lowest BCUT2D eigenvalue weighted by Gasteiger charge is -2.24. The highest BCUT2D eigenvalue weighted by molar-refractivity contribution is 5.64. The molecule has 0 amide bonds. The Morgan fingerprint density at radius 1 is 1.26 bits per heavy atom. The number of hydrogen-bond acceptors (Lipinski definition) is 5. The average molecular weight is 309 g/mol. The second kappa shape index (κ2) is 5.35. The molecular formula is C16H15N5O2. The first-order chi connectivity index (χ1) is 11.3. The van der Waals surface area contributed by atoms with Crippen LogP contribution in [-0.4, -0.2) is 25.8 Å². The summed E-state index contributed by atoms with van der Waals surface area (Å²) in [6, 6.07) is 9.37. The number of fused-ring (bicyclic) bond motifs is 1. The highest BCUT2D eigenvalue weighted by Crippen LogP contribution is 2.39. The van der Waals surface area contributed by atoms with Gasteiger partial charge in [0.2, 0.25) is 11.5 Å². The van der Waals surface area contributed by atoms with Gasteiger partial charge in [-0.05, 0) is 35.5 Å². The molecule has 4 heterocycles. The van der Waals surface area contributed by atoms with E-state index in [1.54, 1.807) is 24.5 Å². The number of nitro groups is 1. The molecule has 7 heteroatoms. The third-order valence-electron chi connectivity index (χ3n) is 4.25. The van der Waals surface area contributed by atoms with Crippen molar-refractivity contribution >= 4 is 17.3 Å². The molecule has 23 heavy (non-hydrogen) atoms. The molecule has 0 radical (unpaired) electrons. The van der Waals surface area contributed by atoms with Gasteiger partial charge in [-0.3, -0.25) is 4.98 Å². The first-order valence-corrected chi connectivity index (χ1v) is 7.54. The lowest BCUT2D eigenvalue weighted by Crippen LogP contribution is -2.23. The maximum absolute atomic E-state index is 11.6. The van der Waals surface area contributed by atoms with Crippen molar-refractivity contribution in [1.82, 2.24) is 14.4 Å². The van der Waals surface area contributed by atoms with Gasteiger partial charge in [0.05, 0.1) is 12.2 Å². The highest BCUT2D eigenvalue weighted by Gasteiger charge is 2.34. The smallest absolute Gasteiger partial charge is 0.358 e. The summed E-state index contributed by atoms with van der Waals surface area (Å²) >= 11 is 0. The molecule has 0 unspecified atom stereocenters. The quantitative estimate of drug-likeness (QED) is 0.549. The van der Waals surface area contributed by atoms with Crippen molar-refractivity contribution < 1.29 is 4.92 Å². The second-order valence-electron chi connectivity index (χ2n) is 5.58. The largest absolute Gasteiger partial charge is 0.372 e. The molecule has 0 bridgehead atoms. The molecule has 4 rings (SSSR count). The van der Waals surface area contributed by atoms with Gasteiger partial charge in [0, 0.05) is 25.0 Å². The van der Waals surface area contributed by atoms with E-state index < -0.39 is 0 Å². The Morgan fingerprint density at radius 2 is 2.17 bits per heavy atom. The fourth-order valence-electron chi connectivity index (χ4n) is 3.27. The zero-order valence-corrected chi connectivity index (χ0v) is 12.4. The van der Waals surface area contributed by atoms with Crippen LogP contribution in [-0.2, 0) is 0 Å². The van der Waals surface area contributed by atoms with Gasteiger partial charge in [-0.15, -0.1) is 0 Å². The van der Waals surface area contributed by atoms with Gasteiger partial charge in [-0.25, -0.2) is 0 Å². The number of rotatable bonds is 3. The normalized spacial score (nSPS) is 17.7. The number of hydrogen-bond donors (Lipinski definition) is 0. The number of aromatic nitrogens is 3. The summed E-state index contributed by atoms with van der Waals surface area (Å²) in [5, 5.41) is 11.6. The van der Waals surface area contributed by atoms with Crippen LogP contribution in [0.15, 0.2) is 48.9 Å². The minimum absolute atomic E-state index is 0.0244. The van der Waals surface area contributed by atoms with Crippen LogP contribution in [0.3, 0.4) is 0 Å². The monoisotopic (exact) mass is 309 g/mol. The van der Waals surface area contributed by atoms with Gasteiger partial charge in [0.25, 0.3) is 0 Å². The predicted molar refractivity (Wildman–Crippen MR) is 85.4 cm³/mol. The summed E-state index contributed by atoms with van der Waals surface area (Å²) in [4.78, 5) is 22.0. The molecule has 3 aromatic rings. The molecule has 0 aromatic carbocycles. The SMILES string of the molecule is O=[N+]([O-])c1c(N2CCC[C@H]2c2cccnc2)nc2ccccn12. The molecule has 0 spiro atoms. The molecule has 1 aliphatic rings. The van der Waals surface area contributed by atoms with Crippen molar-refractivity contribution in [3.63, 3.8) is 0 Å². The van der Waals surface area contributed by atoms with Crippen molar-refractivity contribution in [3.8, 4) is 0 Å². The Labute approximate surface area is 132 Å². The summed E-state index contributed by atoms with van der Waals surface area (Å²) in [6.07, 6.45) is 7.15. The minimum atomic E-state index is -0.353. The standard InChI is InChI=1S/C16H15N5O2/c22-21(23)16-15(18-14-7-1-2-9-20(14)16)19-10-4-6-13(19)12-5-3-8-17-11-12/h1-3,5,7-9,11,13H,4,6,10H2/t13-/m0/s1. The van der Waals surface area contributed by atoms with Gasteiger partial charge in [-0.2, -0.15) is 9.38 Å². The summed E-state index contributed by atoms with van der Waals surface area (Å²) in [7, 11) is 0. The Balaban J connectivity index is 1.85. The zero-order valence-electron chi connectivity index (χ0n) is 12.4. The van der Waals surface area contributed by atoms with E-state index in [0.29, 0.717) is 11.5 Å². The first-order valence-electron chi connectivity index (χ1n) is 7.54. The molecule has 116 valence electrons. The van der Waals surface area contributed by atoms with Crippen LogP contribution in [0.5, 0.6) is 0 Å². The maximum atomic E-state index is 11.6. The summed E-state index contributed by atoms with van der Waals surface area (Å²) in [5.41, 5.74) is 1.65. The molecule has 3 aromatic heterocycles. The molecule has 0 saturated carbocycles. The maximum Gasteiger partial charge on any atom is 0.372 e. The third-order valence-corrected chi connectivity index (χ3v) is 4.25. The van der Waals surface area contributed by atoms with Crippen molar-refractivity contribution in [2.45, 2.75) is 18.9 Å². The van der Waals surface area contributed by atoms with E-state index in [-0.39, 0.29) is 16.8 Å². The van der Waals surface area contributed by atoms with E-state index >= 15 is 0 Å². The van der Waals surface area contributed by atoms with E-state index in [4.69, 9.17) is 0 Å². The van der Waals surface area contributed by atoms with Gasteiger partial charge in [0.15, 0.2) is 0 Å². The summed E-state index contributed by atoms with van der Waals surface area (Å²) < 4.78 is 1.54. The van der Waals surface area contributed by atoms with Crippen molar-refractivity contribution in [2.24, 2.45) is 0 Å². The summed E-state index contributed by atoms with van der Waals surface area (Å²) in [6.45, 7) is 0.754. The fraction of sp³-hybridized carbons (Fsp3) is 0.250. The molecule has 1 fully saturated rings. The van der Waals surface area contributed by atoms with Crippen LogP contribution in [0.2, 0.25) is 0 Å². The van der Waals surface area contributed by atoms with Crippen molar-refractivity contribution in [3.05, 3.63) is 64.6 Å². The molecule has 1 atom stereocenters. The first kappa shape index (κ1) is 13.7. The Kier molecular flexibility index (Phi) is 3.18. The average Bonchev–Trinajstić information content (AvgIpc) is 3.19. The second-order valence-corrected chi connectivity index (χ2v) is 5.58. The Hall–Kier alpha value is -2.96. The van der Waals surface area contributed by atoms with Crippen LogP contribution in [0, 0.1) is 10.1 Å². The van der Waals surface area contributed by atoms with E-state index in [2.05, 4.69) is 9.97 Å². The topological polar surface area (TPSA) is 76.6 Å². The zero-order chi connectivity index (χ0) is 15.8. The molecule has 1 saturated heterocycles. The number of imidazole rings is 1. The molecule has 1 aliphatic heterocycles. The van der Waals surface area contributed by atoms with E-state index in [1.165, 1.54) is 4.40 Å². The third kappa shape index (κ3) is 2.21. The number of nitrogens with zero attached hydrogens (tertiary/aromatic N) is 5. The van der Waals surface area contributed by atoms with Crippen LogP contribution in [0.1, 0.15) is 24.4 Å². The molecule has 0 aliphatic carbocycles. The molecular weight excluding hydrogens is 294 g/mol. The van der Waals surface area contributed by atoms with Gasteiger partial charge in [0.1, 0.15) is 0 Å². The van der Waals surface area contributed by atoms with Crippen LogP contribution in [0.4, 0.5) is 11.6 Å². The lowest BCUT2D eigenvalue weighted by atomic mass is 10.1. The highest BCUT2D eigenvalue weighted by atomic mass is 16.6. The lowest BCUT2D eigenvalue weighted by molar-refractivity contribution is -0.389. The van der Waals surface area contributed by atoms with Gasteiger partial charge >= 0.3 is 5.82 Å². The molecule has 7 nitrogen and oxygen atoms in total. The van der Waals surface area contributed by atoms with Gasteiger partial charge in [-0.1, -0.05) is 12.1 Å². The Bertz CT molecular complexity index is 861. The van der Waals surface area contributed by atoms with Crippen molar-refractivity contribution in [2.75, 3.05) is 11.4 Å². The van der Waals surface area contributed by atoms with E-state index in [9.17, 15) is 10.1 Å². The summed E-state index contributed by atoms with van der Waals surface area (Å²) in [5.74, 6) is 0.462. The molecule has 0 N–H and O–H groups in total. The minimum Gasteiger partial charge on any atom is -0.358 e. The Morgan fingerprint density at radius 3 is 2.96 bits per heavy atom. The van der Waals surface area contributed by atoms with Gasteiger partial charge < -0.3 is 15.0 Å². The predicted octanol–water partition coefficient (Wildman–Crippen LogP) is 2.98. The van der Waals surface area contributed by atoms with Crippen LogP contribution >= 0.6 is 0 Å². The van der Waals surface area contributed by atoms with Crippen LogP contribution < -0.4 is 4.90 Å². The van der Waals surface area contributed by atoms with Crippen LogP contribution in [0.25, 0.3) is 5.65 Å². The number of anilines is 1. The fourth-order valence-corrected chi connectivity index (χ4v) is 3.27.